The smallest absolute Gasteiger partial charge is 0.141 e. The predicted molar refractivity (Wildman–Crippen MR) is 72.2 cm³/mol. The van der Waals surface area contributed by atoms with Crippen LogP contribution in [0.25, 0.3) is 0 Å². The Bertz CT molecular complexity index is 375. The molecule has 1 fully saturated rings. The van der Waals surface area contributed by atoms with E-state index in [0.29, 0.717) is 5.41 Å². The van der Waals surface area contributed by atoms with Crippen LogP contribution in [0.3, 0.4) is 0 Å². The van der Waals surface area contributed by atoms with E-state index in [9.17, 15) is 0 Å². The summed E-state index contributed by atoms with van der Waals surface area (Å²) in [5.41, 5.74) is 0.407. The van der Waals surface area contributed by atoms with E-state index in [1.54, 1.807) is 6.33 Å². The highest BCUT2D eigenvalue weighted by atomic mass is 15.3. The van der Waals surface area contributed by atoms with Gasteiger partial charge in [-0.3, -0.25) is 4.90 Å². The van der Waals surface area contributed by atoms with Crippen LogP contribution < -0.4 is 5.32 Å². The number of likely N-dealkylation sites (tertiary alicyclic amines) is 1. The second kappa shape index (κ2) is 5.80. The molecule has 0 bridgehead atoms. The molecule has 2 heterocycles. The average Bonchev–Trinajstić information content (AvgIpc) is 2.89. The van der Waals surface area contributed by atoms with Crippen LogP contribution in [0.4, 0.5) is 0 Å². The molecule has 102 valence electrons. The lowest BCUT2D eigenvalue weighted by molar-refractivity contribution is 0.257. The number of nitrogens with one attached hydrogen (secondary N) is 1. The summed E-state index contributed by atoms with van der Waals surface area (Å²) < 4.78 is 2.04. The van der Waals surface area contributed by atoms with E-state index in [1.165, 1.54) is 6.42 Å². The molecular formula is C13H25N5. The monoisotopic (exact) mass is 251 g/mol. The molecule has 18 heavy (non-hydrogen) atoms. The van der Waals surface area contributed by atoms with Gasteiger partial charge < -0.3 is 5.32 Å². The van der Waals surface area contributed by atoms with Crippen LogP contribution in [0, 0.1) is 5.41 Å². The van der Waals surface area contributed by atoms with Crippen molar-refractivity contribution in [3.63, 3.8) is 0 Å². The summed E-state index contributed by atoms with van der Waals surface area (Å²) in [7, 11) is 2.03. The van der Waals surface area contributed by atoms with Crippen molar-refractivity contribution in [1.82, 2.24) is 25.0 Å². The van der Waals surface area contributed by atoms with E-state index in [4.69, 9.17) is 0 Å². The van der Waals surface area contributed by atoms with Gasteiger partial charge in [-0.1, -0.05) is 13.8 Å². The van der Waals surface area contributed by atoms with Crippen LogP contribution in [0.5, 0.6) is 0 Å². The highest BCUT2D eigenvalue weighted by Gasteiger charge is 2.33. The summed E-state index contributed by atoms with van der Waals surface area (Å²) in [6, 6.07) is 0. The molecule has 0 spiro atoms. The normalized spacial score (nSPS) is 24.8. The summed E-state index contributed by atoms with van der Waals surface area (Å²) in [5, 5.41) is 7.59. The second-order valence-corrected chi connectivity index (χ2v) is 5.70. The highest BCUT2D eigenvalue weighted by molar-refractivity contribution is 4.92. The fourth-order valence-corrected chi connectivity index (χ4v) is 2.84. The van der Waals surface area contributed by atoms with Crippen LogP contribution in [0.15, 0.2) is 6.33 Å². The maximum atomic E-state index is 4.39. The molecule has 0 radical (unpaired) electrons. The molecule has 5 nitrogen and oxygen atoms in total. The van der Waals surface area contributed by atoms with Gasteiger partial charge in [0.25, 0.3) is 0 Å². The lowest BCUT2D eigenvalue weighted by atomic mass is 9.90. The lowest BCUT2D eigenvalue weighted by Gasteiger charge is -2.24. The van der Waals surface area contributed by atoms with E-state index >= 15 is 0 Å². The fourth-order valence-electron chi connectivity index (χ4n) is 2.84. The molecule has 1 aromatic heterocycles. The Kier molecular flexibility index (Phi) is 4.35. The van der Waals surface area contributed by atoms with Gasteiger partial charge in [0, 0.05) is 19.6 Å². The molecule has 0 amide bonds. The third-order valence-electron chi connectivity index (χ3n) is 3.74. The van der Waals surface area contributed by atoms with Crippen molar-refractivity contribution in [2.75, 3.05) is 26.7 Å². The first-order valence-corrected chi connectivity index (χ1v) is 6.90. The second-order valence-electron chi connectivity index (χ2n) is 5.70. The van der Waals surface area contributed by atoms with Crippen molar-refractivity contribution in [1.29, 1.82) is 0 Å². The SMILES string of the molecule is CCCn1ncnc1CN1CCC(C)(CNC)C1. The van der Waals surface area contributed by atoms with Crippen molar-refractivity contribution >= 4 is 0 Å². The molecule has 2 rings (SSSR count). The number of aromatic nitrogens is 3. The van der Waals surface area contributed by atoms with Gasteiger partial charge in [0.1, 0.15) is 12.2 Å². The van der Waals surface area contributed by atoms with Crippen molar-refractivity contribution in [3.05, 3.63) is 12.2 Å². The molecule has 1 aliphatic heterocycles. The Balaban J connectivity index is 1.93. The minimum Gasteiger partial charge on any atom is -0.319 e. The number of aryl methyl sites for hydroxylation is 1. The summed E-state index contributed by atoms with van der Waals surface area (Å²) in [4.78, 5) is 6.88. The highest BCUT2D eigenvalue weighted by Crippen LogP contribution is 2.29. The first-order chi connectivity index (χ1) is 8.67. The molecule has 1 unspecified atom stereocenters. The van der Waals surface area contributed by atoms with Crippen LogP contribution in [-0.2, 0) is 13.1 Å². The molecule has 0 aromatic carbocycles. The summed E-state index contributed by atoms with van der Waals surface area (Å²) >= 11 is 0. The van der Waals surface area contributed by atoms with Gasteiger partial charge in [-0.2, -0.15) is 5.10 Å². The number of rotatable bonds is 6. The van der Waals surface area contributed by atoms with Gasteiger partial charge >= 0.3 is 0 Å². The van der Waals surface area contributed by atoms with Crippen molar-refractivity contribution in [2.45, 2.75) is 39.8 Å². The Labute approximate surface area is 110 Å². The van der Waals surface area contributed by atoms with E-state index < -0.39 is 0 Å². The maximum absolute atomic E-state index is 4.39. The maximum Gasteiger partial charge on any atom is 0.141 e. The van der Waals surface area contributed by atoms with E-state index in [-0.39, 0.29) is 0 Å². The zero-order valence-corrected chi connectivity index (χ0v) is 11.8. The zero-order chi connectivity index (χ0) is 13.0. The number of hydrogen-bond donors (Lipinski definition) is 1. The van der Waals surface area contributed by atoms with Crippen molar-refractivity contribution < 1.29 is 0 Å². The quantitative estimate of drug-likeness (QED) is 0.823. The Morgan fingerprint density at radius 1 is 1.50 bits per heavy atom. The topological polar surface area (TPSA) is 46.0 Å². The van der Waals surface area contributed by atoms with E-state index in [1.807, 2.05) is 11.7 Å². The van der Waals surface area contributed by atoms with E-state index in [2.05, 4.69) is 34.1 Å². The Morgan fingerprint density at radius 2 is 2.33 bits per heavy atom. The summed E-state index contributed by atoms with van der Waals surface area (Å²) in [5.74, 6) is 1.10. The zero-order valence-electron chi connectivity index (χ0n) is 11.8. The van der Waals surface area contributed by atoms with Gasteiger partial charge in [0.15, 0.2) is 0 Å². The molecule has 1 atom stereocenters. The molecule has 1 aromatic rings. The molecular weight excluding hydrogens is 226 g/mol. The minimum atomic E-state index is 0.407. The van der Waals surface area contributed by atoms with Gasteiger partial charge in [0.2, 0.25) is 0 Å². The first-order valence-electron chi connectivity index (χ1n) is 6.90. The Hall–Kier alpha value is -0.940. The van der Waals surface area contributed by atoms with Crippen LogP contribution in [0.1, 0.15) is 32.5 Å². The Morgan fingerprint density at radius 3 is 3.06 bits per heavy atom. The molecule has 1 aliphatic rings. The van der Waals surface area contributed by atoms with Crippen LogP contribution in [-0.4, -0.2) is 46.3 Å². The average molecular weight is 251 g/mol. The van der Waals surface area contributed by atoms with Gasteiger partial charge in [-0.25, -0.2) is 9.67 Å². The minimum absolute atomic E-state index is 0.407. The fraction of sp³-hybridized carbons (Fsp3) is 0.846. The van der Waals surface area contributed by atoms with Crippen molar-refractivity contribution in [2.24, 2.45) is 5.41 Å². The van der Waals surface area contributed by atoms with Gasteiger partial charge in [-0.15, -0.1) is 0 Å². The van der Waals surface area contributed by atoms with Gasteiger partial charge in [0.05, 0.1) is 6.54 Å². The lowest BCUT2D eigenvalue weighted by Crippen LogP contribution is -2.33. The standard InChI is InChI=1S/C13H25N5/c1-4-6-18-12(15-11-16-18)8-17-7-5-13(2,10-17)9-14-3/h11,14H,4-10H2,1-3H3. The molecule has 1 saturated heterocycles. The van der Waals surface area contributed by atoms with Crippen LogP contribution in [0.2, 0.25) is 0 Å². The van der Waals surface area contributed by atoms with Crippen molar-refractivity contribution in [3.8, 4) is 0 Å². The number of nitrogens with zero attached hydrogens (tertiary/aromatic N) is 4. The van der Waals surface area contributed by atoms with Crippen LogP contribution >= 0.6 is 0 Å². The predicted octanol–water partition coefficient (Wildman–Crippen LogP) is 1.12. The van der Waals surface area contributed by atoms with E-state index in [0.717, 1.165) is 45.0 Å². The molecule has 0 saturated carbocycles. The molecule has 0 aliphatic carbocycles. The molecule has 1 N–H and O–H groups in total. The summed E-state index contributed by atoms with van der Waals surface area (Å²) in [6.07, 6.45) is 4.04. The third-order valence-corrected chi connectivity index (χ3v) is 3.74. The first kappa shape index (κ1) is 13.5. The number of hydrogen-bond acceptors (Lipinski definition) is 4. The third kappa shape index (κ3) is 3.09. The summed E-state index contributed by atoms with van der Waals surface area (Å²) in [6.45, 7) is 9.83. The molecule has 5 heteroatoms. The van der Waals surface area contributed by atoms with Gasteiger partial charge in [-0.05, 0) is 31.8 Å². The largest absolute Gasteiger partial charge is 0.319 e.